The van der Waals surface area contributed by atoms with Gasteiger partial charge in [-0.2, -0.15) is 0 Å². The smallest absolute Gasteiger partial charge is 0.319 e. The van der Waals surface area contributed by atoms with Crippen molar-refractivity contribution >= 4 is 21.9 Å². The summed E-state index contributed by atoms with van der Waals surface area (Å²) in [5, 5.41) is 2.74. The number of carbonyl (C=O) groups is 1. The molecular weight excluding hydrogens is 258 g/mol. The molecule has 1 N–H and O–H groups in total. The van der Waals surface area contributed by atoms with Crippen LogP contribution in [0.25, 0.3) is 0 Å². The Morgan fingerprint density at radius 3 is 2.67 bits per heavy atom. The van der Waals surface area contributed by atoms with E-state index < -0.39 is 0 Å². The summed E-state index contributed by atoms with van der Waals surface area (Å²) in [6, 6.07) is 7.97. The van der Waals surface area contributed by atoms with Crippen LogP contribution in [0.3, 0.4) is 0 Å². The summed E-state index contributed by atoms with van der Waals surface area (Å²) < 4.78 is 6.06. The average molecular weight is 272 g/mol. The van der Waals surface area contributed by atoms with Crippen LogP contribution in [0.4, 0.5) is 0 Å². The van der Waals surface area contributed by atoms with Crippen molar-refractivity contribution < 1.29 is 9.53 Å². The van der Waals surface area contributed by atoms with Crippen LogP contribution < -0.4 is 5.32 Å². The lowest BCUT2D eigenvalue weighted by Gasteiger charge is -2.04. The van der Waals surface area contributed by atoms with Crippen molar-refractivity contribution in [1.82, 2.24) is 5.32 Å². The van der Waals surface area contributed by atoms with Gasteiger partial charge in [-0.15, -0.1) is 0 Å². The Kier molecular flexibility index (Phi) is 5.36. The molecule has 0 bridgehead atoms. The van der Waals surface area contributed by atoms with Crippen molar-refractivity contribution in [2.75, 3.05) is 20.2 Å². The molecule has 1 rings (SSSR count). The lowest BCUT2D eigenvalue weighted by atomic mass is 10.2. The SMILES string of the molecule is CNCC(=O)OCCc1ccc(Br)cc1. The highest BCUT2D eigenvalue weighted by molar-refractivity contribution is 9.10. The van der Waals surface area contributed by atoms with Crippen molar-refractivity contribution in [3.63, 3.8) is 0 Å². The third-order valence-electron chi connectivity index (χ3n) is 1.89. The summed E-state index contributed by atoms with van der Waals surface area (Å²) in [5.74, 6) is -0.213. The molecule has 0 atom stereocenters. The Hall–Kier alpha value is -0.870. The highest BCUT2D eigenvalue weighted by Crippen LogP contribution is 2.10. The molecule has 82 valence electrons. The van der Waals surface area contributed by atoms with Crippen LogP contribution in [-0.4, -0.2) is 26.2 Å². The van der Waals surface area contributed by atoms with Crippen LogP contribution in [0.2, 0.25) is 0 Å². The van der Waals surface area contributed by atoms with E-state index in [1.165, 1.54) is 0 Å². The number of rotatable bonds is 5. The van der Waals surface area contributed by atoms with Crippen molar-refractivity contribution in [3.8, 4) is 0 Å². The minimum atomic E-state index is -0.213. The first kappa shape index (κ1) is 12.2. The van der Waals surface area contributed by atoms with Gasteiger partial charge in [-0.05, 0) is 24.7 Å². The van der Waals surface area contributed by atoms with E-state index >= 15 is 0 Å². The summed E-state index contributed by atoms with van der Waals surface area (Å²) in [6.45, 7) is 0.697. The number of hydrogen-bond donors (Lipinski definition) is 1. The van der Waals surface area contributed by atoms with E-state index in [-0.39, 0.29) is 12.5 Å². The molecule has 1 aromatic rings. The number of ether oxygens (including phenoxy) is 1. The molecule has 0 aliphatic carbocycles. The van der Waals surface area contributed by atoms with E-state index in [0.29, 0.717) is 6.61 Å². The first-order valence-electron chi connectivity index (χ1n) is 4.77. The summed E-state index contributed by atoms with van der Waals surface area (Å²) in [7, 11) is 1.72. The topological polar surface area (TPSA) is 38.3 Å². The van der Waals surface area contributed by atoms with Gasteiger partial charge in [-0.1, -0.05) is 28.1 Å². The van der Waals surface area contributed by atoms with Crippen molar-refractivity contribution in [1.29, 1.82) is 0 Å². The van der Waals surface area contributed by atoms with Crippen LogP contribution in [0.15, 0.2) is 28.7 Å². The van der Waals surface area contributed by atoms with Gasteiger partial charge in [0, 0.05) is 10.9 Å². The maximum absolute atomic E-state index is 11.0. The molecule has 0 spiro atoms. The van der Waals surface area contributed by atoms with Gasteiger partial charge in [0.2, 0.25) is 0 Å². The normalized spacial score (nSPS) is 10.0. The molecule has 0 saturated carbocycles. The predicted octanol–water partition coefficient (Wildman–Crippen LogP) is 1.75. The Morgan fingerprint density at radius 2 is 2.07 bits per heavy atom. The monoisotopic (exact) mass is 271 g/mol. The molecule has 0 saturated heterocycles. The molecular formula is C11H14BrNO2. The Labute approximate surface area is 97.9 Å². The minimum absolute atomic E-state index is 0.213. The summed E-state index contributed by atoms with van der Waals surface area (Å²) in [4.78, 5) is 11.0. The van der Waals surface area contributed by atoms with E-state index in [1.807, 2.05) is 24.3 Å². The van der Waals surface area contributed by atoms with E-state index in [1.54, 1.807) is 7.05 Å². The second kappa shape index (κ2) is 6.58. The molecule has 1 aromatic carbocycles. The van der Waals surface area contributed by atoms with E-state index in [9.17, 15) is 4.79 Å². The second-order valence-electron chi connectivity index (χ2n) is 3.13. The third kappa shape index (κ3) is 4.95. The molecule has 3 nitrogen and oxygen atoms in total. The summed E-state index contributed by atoms with van der Waals surface area (Å²) in [5.41, 5.74) is 1.16. The van der Waals surface area contributed by atoms with Crippen LogP contribution in [0.5, 0.6) is 0 Å². The lowest BCUT2D eigenvalue weighted by molar-refractivity contribution is -0.142. The van der Waals surface area contributed by atoms with Crippen LogP contribution in [0, 0.1) is 0 Å². The molecule has 4 heteroatoms. The highest BCUT2D eigenvalue weighted by atomic mass is 79.9. The van der Waals surface area contributed by atoms with Crippen molar-refractivity contribution in [3.05, 3.63) is 34.3 Å². The van der Waals surface area contributed by atoms with E-state index in [0.717, 1.165) is 16.5 Å². The molecule has 0 radical (unpaired) electrons. The van der Waals surface area contributed by atoms with Crippen LogP contribution >= 0.6 is 15.9 Å². The lowest BCUT2D eigenvalue weighted by Crippen LogP contribution is -2.21. The molecule has 0 heterocycles. The Bertz CT molecular complexity index is 311. The fourth-order valence-corrected chi connectivity index (χ4v) is 1.39. The van der Waals surface area contributed by atoms with Gasteiger partial charge >= 0.3 is 5.97 Å². The fraction of sp³-hybridized carbons (Fsp3) is 0.364. The summed E-state index contributed by atoms with van der Waals surface area (Å²) in [6.07, 6.45) is 0.753. The van der Waals surface area contributed by atoms with Gasteiger partial charge in [0.25, 0.3) is 0 Å². The van der Waals surface area contributed by atoms with Gasteiger partial charge in [0.05, 0.1) is 13.2 Å². The zero-order chi connectivity index (χ0) is 11.1. The van der Waals surface area contributed by atoms with E-state index in [4.69, 9.17) is 4.74 Å². The zero-order valence-electron chi connectivity index (χ0n) is 8.63. The molecule has 0 aliphatic heterocycles. The number of likely N-dealkylation sites (N-methyl/N-ethyl adjacent to an activating group) is 1. The molecule has 0 fully saturated rings. The van der Waals surface area contributed by atoms with E-state index in [2.05, 4.69) is 21.2 Å². The number of esters is 1. The van der Waals surface area contributed by atoms with Gasteiger partial charge in [-0.3, -0.25) is 4.79 Å². The number of halogens is 1. The zero-order valence-corrected chi connectivity index (χ0v) is 10.2. The van der Waals surface area contributed by atoms with Crippen LogP contribution in [-0.2, 0) is 16.0 Å². The maximum atomic E-state index is 11.0. The van der Waals surface area contributed by atoms with Crippen molar-refractivity contribution in [2.24, 2.45) is 0 Å². The minimum Gasteiger partial charge on any atom is -0.464 e. The van der Waals surface area contributed by atoms with Gasteiger partial charge in [0.15, 0.2) is 0 Å². The van der Waals surface area contributed by atoms with Gasteiger partial charge < -0.3 is 10.1 Å². The Balaban J connectivity index is 2.26. The summed E-state index contributed by atoms with van der Waals surface area (Å²) >= 11 is 3.36. The first-order valence-corrected chi connectivity index (χ1v) is 5.56. The highest BCUT2D eigenvalue weighted by Gasteiger charge is 2.00. The molecule has 0 aliphatic rings. The first-order chi connectivity index (χ1) is 7.22. The van der Waals surface area contributed by atoms with Gasteiger partial charge in [-0.25, -0.2) is 0 Å². The number of hydrogen-bond acceptors (Lipinski definition) is 3. The molecule has 15 heavy (non-hydrogen) atoms. The van der Waals surface area contributed by atoms with Crippen molar-refractivity contribution in [2.45, 2.75) is 6.42 Å². The Morgan fingerprint density at radius 1 is 1.40 bits per heavy atom. The number of carbonyl (C=O) groups excluding carboxylic acids is 1. The quantitative estimate of drug-likeness (QED) is 0.830. The number of benzene rings is 1. The van der Waals surface area contributed by atoms with Gasteiger partial charge in [0.1, 0.15) is 0 Å². The third-order valence-corrected chi connectivity index (χ3v) is 2.42. The largest absolute Gasteiger partial charge is 0.464 e. The molecule has 0 aromatic heterocycles. The maximum Gasteiger partial charge on any atom is 0.319 e. The number of nitrogens with one attached hydrogen (secondary N) is 1. The fourth-order valence-electron chi connectivity index (χ4n) is 1.13. The molecule has 0 unspecified atom stereocenters. The average Bonchev–Trinajstić information content (AvgIpc) is 2.21. The standard InChI is InChI=1S/C11H14BrNO2/c1-13-8-11(14)15-7-6-9-2-4-10(12)5-3-9/h2-5,13H,6-8H2,1H3. The second-order valence-corrected chi connectivity index (χ2v) is 4.04. The predicted molar refractivity (Wildman–Crippen MR) is 62.7 cm³/mol. The molecule has 0 amide bonds. The van der Waals surface area contributed by atoms with Crippen LogP contribution in [0.1, 0.15) is 5.56 Å².